The van der Waals surface area contributed by atoms with E-state index in [0.29, 0.717) is 12.1 Å². The van der Waals surface area contributed by atoms with E-state index in [1.165, 1.54) is 30.9 Å². The Kier molecular flexibility index (Phi) is 8.80. The van der Waals surface area contributed by atoms with Gasteiger partial charge in [0.1, 0.15) is 0 Å². The average Bonchev–Trinajstić information content (AvgIpc) is 2.09. The molecule has 0 aliphatic rings. The van der Waals surface area contributed by atoms with Crippen molar-refractivity contribution in [2.24, 2.45) is 0 Å². The van der Waals surface area contributed by atoms with E-state index in [-0.39, 0.29) is 0 Å². The third-order valence-corrected chi connectivity index (χ3v) is 3.47. The molecule has 0 saturated carbocycles. The van der Waals surface area contributed by atoms with Crippen molar-refractivity contribution in [3.05, 3.63) is 0 Å². The molecule has 0 unspecified atom stereocenters. The molecular weight excluding hydrogens is 190 g/mol. The van der Waals surface area contributed by atoms with Crippen LogP contribution in [0.2, 0.25) is 0 Å². The standard InChI is InChI=1S/C12H27NS/c1-6-14-10-8-7-9-13(11(2)3)12(4)5/h11-12H,6-10H2,1-5H3. The fraction of sp³-hybridized carbons (Fsp3) is 1.00. The summed E-state index contributed by atoms with van der Waals surface area (Å²) in [5, 5.41) is 0. The largest absolute Gasteiger partial charge is 0.299 e. The summed E-state index contributed by atoms with van der Waals surface area (Å²) in [5.41, 5.74) is 0. The highest BCUT2D eigenvalue weighted by atomic mass is 32.2. The zero-order chi connectivity index (χ0) is 11.0. The SMILES string of the molecule is CCSCCCCN(C(C)C)C(C)C. The smallest absolute Gasteiger partial charge is 0.00412 e. The van der Waals surface area contributed by atoms with E-state index in [1.54, 1.807) is 0 Å². The molecule has 0 rings (SSSR count). The summed E-state index contributed by atoms with van der Waals surface area (Å²) in [5.74, 6) is 2.60. The molecule has 0 radical (unpaired) electrons. The maximum Gasteiger partial charge on any atom is 0.00412 e. The monoisotopic (exact) mass is 217 g/mol. The van der Waals surface area contributed by atoms with Crippen LogP contribution in [-0.4, -0.2) is 35.0 Å². The molecule has 0 atom stereocenters. The van der Waals surface area contributed by atoms with Crippen molar-refractivity contribution in [2.45, 2.75) is 59.5 Å². The average molecular weight is 217 g/mol. The molecule has 86 valence electrons. The van der Waals surface area contributed by atoms with Gasteiger partial charge in [0.2, 0.25) is 0 Å². The van der Waals surface area contributed by atoms with Gasteiger partial charge in [-0.3, -0.25) is 4.90 Å². The third-order valence-electron chi connectivity index (χ3n) is 2.49. The Morgan fingerprint density at radius 3 is 2.00 bits per heavy atom. The maximum atomic E-state index is 2.58. The fourth-order valence-electron chi connectivity index (χ4n) is 1.76. The maximum absolute atomic E-state index is 2.58. The van der Waals surface area contributed by atoms with Gasteiger partial charge in [-0.05, 0) is 58.6 Å². The summed E-state index contributed by atoms with van der Waals surface area (Å²) in [4.78, 5) is 2.58. The van der Waals surface area contributed by atoms with Gasteiger partial charge in [-0.1, -0.05) is 6.92 Å². The van der Waals surface area contributed by atoms with Crippen LogP contribution in [0.1, 0.15) is 47.5 Å². The molecule has 0 aromatic carbocycles. The van der Waals surface area contributed by atoms with Crippen LogP contribution in [-0.2, 0) is 0 Å². The van der Waals surface area contributed by atoms with Gasteiger partial charge in [0.25, 0.3) is 0 Å². The number of nitrogens with zero attached hydrogens (tertiary/aromatic N) is 1. The second-order valence-corrected chi connectivity index (χ2v) is 5.72. The van der Waals surface area contributed by atoms with Crippen LogP contribution in [0.4, 0.5) is 0 Å². The molecule has 14 heavy (non-hydrogen) atoms. The van der Waals surface area contributed by atoms with Crippen molar-refractivity contribution in [2.75, 3.05) is 18.1 Å². The van der Waals surface area contributed by atoms with Crippen molar-refractivity contribution in [1.29, 1.82) is 0 Å². The van der Waals surface area contributed by atoms with Gasteiger partial charge in [0, 0.05) is 12.1 Å². The van der Waals surface area contributed by atoms with E-state index in [1.807, 2.05) is 0 Å². The van der Waals surface area contributed by atoms with Gasteiger partial charge in [-0.25, -0.2) is 0 Å². The van der Waals surface area contributed by atoms with Gasteiger partial charge >= 0.3 is 0 Å². The summed E-state index contributed by atoms with van der Waals surface area (Å²) in [6, 6.07) is 1.38. The van der Waals surface area contributed by atoms with Crippen LogP contribution in [0.5, 0.6) is 0 Å². The Balaban J connectivity index is 3.52. The van der Waals surface area contributed by atoms with Crippen LogP contribution in [0.25, 0.3) is 0 Å². The van der Waals surface area contributed by atoms with Crippen LogP contribution >= 0.6 is 11.8 Å². The number of hydrogen-bond acceptors (Lipinski definition) is 2. The lowest BCUT2D eigenvalue weighted by Gasteiger charge is -2.30. The molecule has 0 heterocycles. The Morgan fingerprint density at radius 1 is 1.00 bits per heavy atom. The van der Waals surface area contributed by atoms with E-state index >= 15 is 0 Å². The molecule has 0 N–H and O–H groups in total. The number of hydrogen-bond donors (Lipinski definition) is 0. The lowest BCUT2D eigenvalue weighted by molar-refractivity contribution is 0.173. The minimum Gasteiger partial charge on any atom is -0.299 e. The number of rotatable bonds is 8. The first kappa shape index (κ1) is 14.3. The van der Waals surface area contributed by atoms with Crippen LogP contribution in [0.3, 0.4) is 0 Å². The summed E-state index contributed by atoms with van der Waals surface area (Å²) >= 11 is 2.06. The predicted octanol–water partition coefficient (Wildman–Crippen LogP) is 3.64. The molecule has 0 aromatic rings. The molecule has 1 nitrogen and oxygen atoms in total. The Morgan fingerprint density at radius 2 is 1.57 bits per heavy atom. The fourth-order valence-corrected chi connectivity index (χ4v) is 2.45. The highest BCUT2D eigenvalue weighted by Gasteiger charge is 2.11. The van der Waals surface area contributed by atoms with E-state index in [2.05, 4.69) is 51.3 Å². The van der Waals surface area contributed by atoms with Gasteiger partial charge in [0.05, 0.1) is 0 Å². The molecule has 0 bridgehead atoms. The summed E-state index contributed by atoms with van der Waals surface area (Å²) in [6.07, 6.45) is 2.72. The minimum absolute atomic E-state index is 0.689. The molecule has 0 aromatic heterocycles. The van der Waals surface area contributed by atoms with Gasteiger partial charge < -0.3 is 0 Å². The van der Waals surface area contributed by atoms with Gasteiger partial charge in [-0.2, -0.15) is 11.8 Å². The second-order valence-electron chi connectivity index (χ2n) is 4.33. The molecule has 0 saturated heterocycles. The van der Waals surface area contributed by atoms with Crippen LogP contribution in [0, 0.1) is 0 Å². The van der Waals surface area contributed by atoms with E-state index < -0.39 is 0 Å². The first-order valence-corrected chi connectivity index (χ1v) is 7.08. The number of unbranched alkanes of at least 4 members (excludes halogenated alkanes) is 1. The first-order valence-electron chi connectivity index (χ1n) is 5.93. The van der Waals surface area contributed by atoms with Crippen molar-refractivity contribution >= 4 is 11.8 Å². The second kappa shape index (κ2) is 8.60. The molecule has 2 heteroatoms. The van der Waals surface area contributed by atoms with Gasteiger partial charge in [-0.15, -0.1) is 0 Å². The highest BCUT2D eigenvalue weighted by molar-refractivity contribution is 7.99. The first-order chi connectivity index (χ1) is 6.59. The van der Waals surface area contributed by atoms with Crippen molar-refractivity contribution in [1.82, 2.24) is 4.90 Å². The van der Waals surface area contributed by atoms with Crippen molar-refractivity contribution in [3.63, 3.8) is 0 Å². The zero-order valence-electron chi connectivity index (χ0n) is 10.5. The Hall–Kier alpha value is 0.310. The quantitative estimate of drug-likeness (QED) is 0.571. The zero-order valence-corrected chi connectivity index (χ0v) is 11.4. The predicted molar refractivity (Wildman–Crippen MR) is 69.2 cm³/mol. The normalized spacial score (nSPS) is 12.0. The summed E-state index contributed by atoms with van der Waals surface area (Å²) < 4.78 is 0. The highest BCUT2D eigenvalue weighted by Crippen LogP contribution is 2.09. The van der Waals surface area contributed by atoms with E-state index in [9.17, 15) is 0 Å². The Labute approximate surface area is 94.6 Å². The Bertz CT molecular complexity index is 115. The van der Waals surface area contributed by atoms with Crippen molar-refractivity contribution < 1.29 is 0 Å². The molecule has 0 spiro atoms. The van der Waals surface area contributed by atoms with Crippen molar-refractivity contribution in [3.8, 4) is 0 Å². The van der Waals surface area contributed by atoms with Gasteiger partial charge in [0.15, 0.2) is 0 Å². The molecule has 0 fully saturated rings. The third kappa shape index (κ3) is 6.72. The molecule has 0 aliphatic heterocycles. The topological polar surface area (TPSA) is 3.24 Å². The summed E-state index contributed by atoms with van der Waals surface area (Å²) in [7, 11) is 0. The molecular formula is C12H27NS. The minimum atomic E-state index is 0.689. The summed E-state index contributed by atoms with van der Waals surface area (Å²) in [6.45, 7) is 12.7. The van der Waals surface area contributed by atoms with E-state index in [0.717, 1.165) is 0 Å². The lowest BCUT2D eigenvalue weighted by Crippen LogP contribution is -2.37. The number of thioether (sulfide) groups is 1. The van der Waals surface area contributed by atoms with E-state index in [4.69, 9.17) is 0 Å². The molecule has 0 aliphatic carbocycles. The van der Waals surface area contributed by atoms with Crippen LogP contribution in [0.15, 0.2) is 0 Å². The molecule has 0 amide bonds. The lowest BCUT2D eigenvalue weighted by atomic mass is 10.2. The van der Waals surface area contributed by atoms with Crippen LogP contribution < -0.4 is 0 Å².